The molecule has 2 aromatic heterocycles. The van der Waals surface area contributed by atoms with Crippen LogP contribution in [0.15, 0.2) is 67.3 Å². The lowest BCUT2D eigenvalue weighted by Crippen LogP contribution is -2.58. The van der Waals surface area contributed by atoms with Gasteiger partial charge in [-0.3, -0.25) is 9.59 Å². The fourth-order valence-corrected chi connectivity index (χ4v) is 5.70. The van der Waals surface area contributed by atoms with Gasteiger partial charge in [0, 0.05) is 37.0 Å². The molecular formula is C35H48N6O6. The number of rotatable bonds is 15. The number of aliphatic hydroxyl groups excluding tert-OH is 1. The number of hydrogen-bond donors (Lipinski definition) is 5. The van der Waals surface area contributed by atoms with Crippen molar-refractivity contribution in [2.45, 2.75) is 102 Å². The van der Waals surface area contributed by atoms with Gasteiger partial charge in [-0.05, 0) is 44.7 Å². The zero-order valence-electron chi connectivity index (χ0n) is 27.5. The molecule has 0 aliphatic heterocycles. The van der Waals surface area contributed by atoms with E-state index in [9.17, 15) is 19.5 Å². The van der Waals surface area contributed by atoms with Gasteiger partial charge in [-0.25, -0.2) is 14.8 Å². The summed E-state index contributed by atoms with van der Waals surface area (Å²) >= 11 is 0. The van der Waals surface area contributed by atoms with Gasteiger partial charge < -0.3 is 35.5 Å². The molecule has 3 amide bonds. The third-order valence-electron chi connectivity index (χ3n) is 8.05. The van der Waals surface area contributed by atoms with Gasteiger partial charge in [0.15, 0.2) is 0 Å². The van der Waals surface area contributed by atoms with E-state index in [2.05, 4.69) is 30.9 Å². The summed E-state index contributed by atoms with van der Waals surface area (Å²) in [6.45, 7) is 5.15. The number of nitrogens with one attached hydrogen (secondary N) is 4. The van der Waals surface area contributed by atoms with E-state index in [0.29, 0.717) is 23.9 Å². The quantitative estimate of drug-likeness (QED) is 0.166. The lowest BCUT2D eigenvalue weighted by molar-refractivity contribution is -0.131. The van der Waals surface area contributed by atoms with Gasteiger partial charge in [-0.1, -0.05) is 68.5 Å². The van der Waals surface area contributed by atoms with Crippen molar-refractivity contribution < 1.29 is 29.0 Å². The Bertz CT molecular complexity index is 1380. The first-order valence-corrected chi connectivity index (χ1v) is 16.4. The number of ether oxygens (including phenoxy) is 2. The van der Waals surface area contributed by atoms with E-state index in [0.717, 1.165) is 31.2 Å². The third-order valence-corrected chi connectivity index (χ3v) is 8.05. The summed E-state index contributed by atoms with van der Waals surface area (Å²) in [4.78, 5) is 51.8. The minimum Gasteiger partial charge on any atom is -0.475 e. The molecule has 1 aliphatic carbocycles. The van der Waals surface area contributed by atoms with Crippen molar-refractivity contribution in [2.24, 2.45) is 5.92 Å². The van der Waals surface area contributed by atoms with E-state index < -0.39 is 47.7 Å². The van der Waals surface area contributed by atoms with Gasteiger partial charge in [0.05, 0.1) is 12.4 Å². The van der Waals surface area contributed by atoms with Gasteiger partial charge >= 0.3 is 6.09 Å². The van der Waals surface area contributed by atoms with E-state index in [1.54, 1.807) is 51.4 Å². The maximum absolute atomic E-state index is 14.0. The highest BCUT2D eigenvalue weighted by molar-refractivity contribution is 5.91. The molecule has 254 valence electrons. The van der Waals surface area contributed by atoms with Gasteiger partial charge in [0.1, 0.15) is 30.4 Å². The summed E-state index contributed by atoms with van der Waals surface area (Å²) < 4.78 is 11.2. The van der Waals surface area contributed by atoms with Gasteiger partial charge in [0.2, 0.25) is 17.7 Å². The van der Waals surface area contributed by atoms with Crippen LogP contribution in [0, 0.1) is 5.92 Å². The molecule has 1 saturated carbocycles. The van der Waals surface area contributed by atoms with Crippen LogP contribution in [0.1, 0.15) is 70.6 Å². The first-order valence-electron chi connectivity index (χ1n) is 16.4. The summed E-state index contributed by atoms with van der Waals surface area (Å²) in [5, 5.41) is 19.9. The SMILES string of the molecule is CC(C)(C)OC(=O)N[C@@H](Cc1ccccc1)C(=O)N[C@@H](Cc1cnc[nH]1)C(=O)NC(CC1CCCCC1)C(O)COc1ccccn1. The minimum absolute atomic E-state index is 0.0643. The number of amides is 3. The largest absolute Gasteiger partial charge is 0.475 e. The summed E-state index contributed by atoms with van der Waals surface area (Å²) in [6, 6.07) is 11.8. The Balaban J connectivity index is 1.52. The Morgan fingerprint density at radius 3 is 2.30 bits per heavy atom. The van der Waals surface area contributed by atoms with Gasteiger partial charge in [0.25, 0.3) is 0 Å². The molecule has 1 fully saturated rings. The van der Waals surface area contributed by atoms with Crippen LogP contribution in [-0.4, -0.2) is 74.4 Å². The molecule has 2 unspecified atom stereocenters. The molecule has 0 bridgehead atoms. The lowest BCUT2D eigenvalue weighted by atomic mass is 9.83. The summed E-state index contributed by atoms with van der Waals surface area (Å²) in [5.41, 5.74) is 0.685. The van der Waals surface area contributed by atoms with Crippen molar-refractivity contribution in [3.8, 4) is 5.88 Å². The number of aromatic amines is 1. The molecule has 0 saturated heterocycles. The van der Waals surface area contributed by atoms with Crippen LogP contribution in [0.3, 0.4) is 0 Å². The first kappa shape index (κ1) is 35.4. The van der Waals surface area contributed by atoms with Crippen molar-refractivity contribution in [3.05, 3.63) is 78.5 Å². The van der Waals surface area contributed by atoms with Crippen LogP contribution in [0.4, 0.5) is 4.79 Å². The van der Waals surface area contributed by atoms with E-state index in [1.807, 2.05) is 30.3 Å². The summed E-state index contributed by atoms with van der Waals surface area (Å²) in [5.74, 6) is -0.309. The number of aliphatic hydroxyl groups is 1. The first-order chi connectivity index (χ1) is 22.6. The highest BCUT2D eigenvalue weighted by Gasteiger charge is 2.33. The van der Waals surface area contributed by atoms with Gasteiger partial charge in [-0.15, -0.1) is 0 Å². The van der Waals surface area contributed by atoms with Crippen molar-refractivity contribution >= 4 is 17.9 Å². The van der Waals surface area contributed by atoms with Crippen LogP contribution in [0.25, 0.3) is 0 Å². The normalized spacial score (nSPS) is 16.3. The van der Waals surface area contributed by atoms with Crippen LogP contribution >= 0.6 is 0 Å². The van der Waals surface area contributed by atoms with Crippen molar-refractivity contribution in [1.82, 2.24) is 30.9 Å². The molecule has 12 nitrogen and oxygen atoms in total. The highest BCUT2D eigenvalue weighted by Crippen LogP contribution is 2.28. The average Bonchev–Trinajstić information content (AvgIpc) is 3.56. The Hall–Kier alpha value is -4.45. The Morgan fingerprint density at radius 2 is 1.64 bits per heavy atom. The Morgan fingerprint density at radius 1 is 0.936 bits per heavy atom. The molecule has 0 spiro atoms. The molecule has 12 heteroatoms. The fourth-order valence-electron chi connectivity index (χ4n) is 5.70. The maximum Gasteiger partial charge on any atom is 0.408 e. The molecule has 0 radical (unpaired) electrons. The van der Waals surface area contributed by atoms with Crippen LogP contribution in [0.2, 0.25) is 0 Å². The average molecular weight is 649 g/mol. The Labute approximate surface area is 276 Å². The van der Waals surface area contributed by atoms with Crippen LogP contribution < -0.4 is 20.7 Å². The zero-order chi connectivity index (χ0) is 33.6. The summed E-state index contributed by atoms with van der Waals surface area (Å²) in [6.07, 6.45) is 9.22. The molecule has 2 heterocycles. The third kappa shape index (κ3) is 12.3. The molecule has 3 aromatic rings. The molecule has 5 N–H and O–H groups in total. The van der Waals surface area contributed by atoms with Crippen molar-refractivity contribution in [3.63, 3.8) is 0 Å². The number of hydrogen-bond acceptors (Lipinski definition) is 8. The van der Waals surface area contributed by atoms with Crippen molar-refractivity contribution in [2.75, 3.05) is 6.61 Å². The topological polar surface area (TPSA) is 168 Å². The van der Waals surface area contributed by atoms with Crippen molar-refractivity contribution in [1.29, 1.82) is 0 Å². The summed E-state index contributed by atoms with van der Waals surface area (Å²) in [7, 11) is 0. The van der Waals surface area contributed by atoms with Gasteiger partial charge in [-0.2, -0.15) is 0 Å². The number of aromatic nitrogens is 3. The van der Waals surface area contributed by atoms with E-state index in [-0.39, 0.29) is 19.4 Å². The second-order valence-corrected chi connectivity index (χ2v) is 13.1. The van der Waals surface area contributed by atoms with Crippen LogP contribution in [-0.2, 0) is 27.2 Å². The standard InChI is InChI=1S/C35H48N6O6/c1-35(2,3)47-34(45)41-28(19-25-14-8-5-9-15-25)32(43)40-29(20-26-21-36-23-38-26)33(44)39-27(18-24-12-6-4-7-13-24)30(42)22-46-31-16-10-11-17-37-31/h5,8-11,14-17,21,23-24,27-30,42H,4,6-7,12-13,18-20,22H2,1-3H3,(H,36,38)(H,39,44)(H,40,43)(H,41,45)/t27?,28-,29-,30?/m0/s1. The molecule has 1 aromatic carbocycles. The van der Waals surface area contributed by atoms with E-state index >= 15 is 0 Å². The molecule has 1 aliphatic rings. The number of H-pyrrole nitrogens is 1. The number of benzene rings is 1. The van der Waals surface area contributed by atoms with E-state index in [1.165, 1.54) is 12.7 Å². The number of carbonyl (C=O) groups is 3. The maximum atomic E-state index is 14.0. The molecule has 47 heavy (non-hydrogen) atoms. The van der Waals surface area contributed by atoms with E-state index in [4.69, 9.17) is 9.47 Å². The monoisotopic (exact) mass is 648 g/mol. The number of nitrogens with zero attached hydrogens (tertiary/aromatic N) is 2. The number of pyridine rings is 1. The predicted molar refractivity (Wildman–Crippen MR) is 176 cm³/mol. The second kappa shape index (κ2) is 17.5. The smallest absolute Gasteiger partial charge is 0.408 e. The predicted octanol–water partition coefficient (Wildman–Crippen LogP) is 3.86. The minimum atomic E-state index is -1.04. The lowest BCUT2D eigenvalue weighted by Gasteiger charge is -2.31. The number of carbonyl (C=O) groups excluding carboxylic acids is 3. The fraction of sp³-hybridized carbons (Fsp3) is 0.514. The molecule has 4 atom stereocenters. The number of imidazole rings is 1. The zero-order valence-corrected chi connectivity index (χ0v) is 27.5. The number of alkyl carbamates (subject to hydrolysis) is 1. The Kier molecular flexibility index (Phi) is 13.2. The molecule has 4 rings (SSSR count). The molecular weight excluding hydrogens is 600 g/mol. The highest BCUT2D eigenvalue weighted by atomic mass is 16.6. The van der Waals surface area contributed by atoms with Crippen LogP contribution in [0.5, 0.6) is 5.88 Å². The second-order valence-electron chi connectivity index (χ2n) is 13.1.